The van der Waals surface area contributed by atoms with Gasteiger partial charge in [0.15, 0.2) is 5.82 Å². The van der Waals surface area contributed by atoms with Crippen LogP contribution in [0.15, 0.2) is 79.0 Å². The maximum absolute atomic E-state index is 13.7. The van der Waals surface area contributed by atoms with Gasteiger partial charge in [-0.15, -0.1) is 10.2 Å². The Bertz CT molecular complexity index is 1690. The van der Waals surface area contributed by atoms with Gasteiger partial charge in [0.1, 0.15) is 17.3 Å². The third-order valence-electron chi connectivity index (χ3n) is 8.51. The number of hydrogen-bond acceptors (Lipinski definition) is 6. The van der Waals surface area contributed by atoms with Crippen LogP contribution in [0.2, 0.25) is 0 Å². The molecule has 1 saturated heterocycles. The summed E-state index contributed by atoms with van der Waals surface area (Å²) in [5.41, 5.74) is 4.39. The standard InChI is InChI=1S/C35H40N6O3/c1-43-27-17-16-25(32(21-27)44-2)23-41-33(18-15-24-10-4-3-5-11-24)39-40-34(41)31(38-35(42)30-14-8-9-19-36-30)20-26-22-37-29-13-7-6-12-28(26)29/h3-7,10-13,16-17,21-22,30-31,36-37H,8-9,14-15,18-20,23H2,1-2H3,(H,38,42)/t30?,31-/m1/s1. The molecule has 9 nitrogen and oxygen atoms in total. The molecule has 44 heavy (non-hydrogen) atoms. The van der Waals surface area contributed by atoms with Gasteiger partial charge in [0, 0.05) is 41.6 Å². The van der Waals surface area contributed by atoms with Crippen LogP contribution in [0.1, 0.15) is 53.6 Å². The zero-order valence-corrected chi connectivity index (χ0v) is 25.4. The van der Waals surface area contributed by atoms with Crippen molar-refractivity contribution in [3.63, 3.8) is 0 Å². The number of rotatable bonds is 12. The lowest BCUT2D eigenvalue weighted by Crippen LogP contribution is -2.48. The van der Waals surface area contributed by atoms with Crippen LogP contribution in [0.3, 0.4) is 0 Å². The Balaban J connectivity index is 1.39. The van der Waals surface area contributed by atoms with Gasteiger partial charge in [-0.25, -0.2) is 0 Å². The molecule has 0 radical (unpaired) electrons. The van der Waals surface area contributed by atoms with E-state index in [2.05, 4.69) is 56.6 Å². The molecule has 0 bridgehead atoms. The topological polar surface area (TPSA) is 106 Å². The van der Waals surface area contributed by atoms with Crippen molar-refractivity contribution in [3.05, 3.63) is 107 Å². The number of aromatic nitrogens is 4. The molecule has 228 valence electrons. The Morgan fingerprint density at radius 1 is 0.977 bits per heavy atom. The Morgan fingerprint density at radius 3 is 2.61 bits per heavy atom. The number of hydrogen-bond donors (Lipinski definition) is 3. The van der Waals surface area contributed by atoms with E-state index < -0.39 is 6.04 Å². The molecule has 3 N–H and O–H groups in total. The van der Waals surface area contributed by atoms with E-state index in [9.17, 15) is 4.79 Å². The van der Waals surface area contributed by atoms with E-state index in [1.807, 2.05) is 42.6 Å². The number of amides is 1. The molecule has 0 aliphatic carbocycles. The summed E-state index contributed by atoms with van der Waals surface area (Å²) in [5, 5.41) is 17.4. The van der Waals surface area contributed by atoms with Crippen LogP contribution in [-0.2, 0) is 30.6 Å². The molecule has 3 heterocycles. The number of methoxy groups -OCH3 is 2. The average Bonchev–Trinajstić information content (AvgIpc) is 3.68. The zero-order valence-electron chi connectivity index (χ0n) is 25.4. The first kappa shape index (κ1) is 29.4. The summed E-state index contributed by atoms with van der Waals surface area (Å²) in [7, 11) is 3.31. The molecule has 1 amide bonds. The number of fused-ring (bicyclic) bond motifs is 1. The molecule has 5 aromatic rings. The van der Waals surface area contributed by atoms with Crippen LogP contribution in [-0.4, -0.2) is 52.5 Å². The van der Waals surface area contributed by atoms with Crippen molar-refractivity contribution in [2.45, 2.75) is 57.2 Å². The zero-order chi connectivity index (χ0) is 30.3. The number of carbonyl (C=O) groups excluding carboxylic acids is 1. The van der Waals surface area contributed by atoms with Gasteiger partial charge in [-0.2, -0.15) is 0 Å². The van der Waals surface area contributed by atoms with Crippen LogP contribution in [0, 0.1) is 0 Å². The number of aryl methyl sites for hydroxylation is 2. The fraction of sp³-hybridized carbons (Fsp3) is 0.343. The number of benzene rings is 3. The Kier molecular flexibility index (Phi) is 9.22. The van der Waals surface area contributed by atoms with Crippen molar-refractivity contribution in [2.24, 2.45) is 0 Å². The monoisotopic (exact) mass is 592 g/mol. The normalized spacial score (nSPS) is 15.6. The van der Waals surface area contributed by atoms with Gasteiger partial charge >= 0.3 is 0 Å². The number of nitrogens with one attached hydrogen (secondary N) is 3. The van der Waals surface area contributed by atoms with E-state index in [4.69, 9.17) is 19.7 Å². The molecule has 9 heteroatoms. The minimum absolute atomic E-state index is 0.00282. The second-order valence-electron chi connectivity index (χ2n) is 11.4. The van der Waals surface area contributed by atoms with Gasteiger partial charge in [0.2, 0.25) is 5.91 Å². The molecule has 2 aromatic heterocycles. The lowest BCUT2D eigenvalue weighted by Gasteiger charge is -2.26. The molecule has 1 aliphatic rings. The highest BCUT2D eigenvalue weighted by molar-refractivity contribution is 5.84. The number of para-hydroxylation sites is 1. The van der Waals surface area contributed by atoms with Crippen molar-refractivity contribution in [1.29, 1.82) is 0 Å². The third kappa shape index (κ3) is 6.63. The van der Waals surface area contributed by atoms with Crippen molar-refractivity contribution in [2.75, 3.05) is 20.8 Å². The summed E-state index contributed by atoms with van der Waals surface area (Å²) < 4.78 is 13.4. The van der Waals surface area contributed by atoms with E-state index in [1.165, 1.54) is 5.56 Å². The summed E-state index contributed by atoms with van der Waals surface area (Å²) in [5.74, 6) is 3.03. The van der Waals surface area contributed by atoms with Gasteiger partial charge in [-0.05, 0) is 55.1 Å². The van der Waals surface area contributed by atoms with Crippen LogP contribution in [0.25, 0.3) is 10.9 Å². The van der Waals surface area contributed by atoms with E-state index in [1.54, 1.807) is 14.2 Å². The molecule has 1 aliphatic heterocycles. The van der Waals surface area contributed by atoms with Crippen LogP contribution < -0.4 is 20.1 Å². The Morgan fingerprint density at radius 2 is 1.82 bits per heavy atom. The lowest BCUT2D eigenvalue weighted by molar-refractivity contribution is -0.124. The molecule has 1 fully saturated rings. The highest BCUT2D eigenvalue weighted by atomic mass is 16.5. The average molecular weight is 593 g/mol. The second kappa shape index (κ2) is 13.8. The number of H-pyrrole nitrogens is 1. The predicted octanol–water partition coefficient (Wildman–Crippen LogP) is 5.15. The predicted molar refractivity (Wildman–Crippen MR) is 171 cm³/mol. The van der Waals surface area contributed by atoms with E-state index in [0.717, 1.165) is 77.4 Å². The Labute approximate surface area is 258 Å². The number of aromatic amines is 1. The molecular weight excluding hydrogens is 552 g/mol. The molecule has 0 spiro atoms. The first-order valence-electron chi connectivity index (χ1n) is 15.4. The number of ether oxygens (including phenoxy) is 2. The first-order valence-corrected chi connectivity index (χ1v) is 15.4. The van der Waals surface area contributed by atoms with Crippen molar-refractivity contribution >= 4 is 16.8 Å². The third-order valence-corrected chi connectivity index (χ3v) is 8.51. The smallest absolute Gasteiger partial charge is 0.237 e. The molecular formula is C35H40N6O3. The minimum Gasteiger partial charge on any atom is -0.497 e. The van der Waals surface area contributed by atoms with Crippen LogP contribution >= 0.6 is 0 Å². The highest BCUT2D eigenvalue weighted by Gasteiger charge is 2.29. The molecule has 2 atom stereocenters. The quantitative estimate of drug-likeness (QED) is 0.185. The SMILES string of the molecule is COc1ccc(Cn2c(CCc3ccccc3)nnc2[C@@H](Cc2c[nH]c3ccccc23)NC(=O)C2CCCCN2)c(OC)c1. The molecule has 3 aromatic carbocycles. The van der Waals surface area contributed by atoms with Gasteiger partial charge in [0.05, 0.1) is 32.8 Å². The summed E-state index contributed by atoms with van der Waals surface area (Å²) in [6, 6.07) is 23.9. The van der Waals surface area contributed by atoms with E-state index in [0.29, 0.717) is 19.4 Å². The fourth-order valence-corrected chi connectivity index (χ4v) is 6.09. The van der Waals surface area contributed by atoms with Gasteiger partial charge in [0.25, 0.3) is 0 Å². The van der Waals surface area contributed by atoms with Gasteiger partial charge in [-0.1, -0.05) is 55.0 Å². The fourth-order valence-electron chi connectivity index (χ4n) is 6.09. The van der Waals surface area contributed by atoms with Crippen molar-refractivity contribution in [1.82, 2.24) is 30.4 Å². The van der Waals surface area contributed by atoms with Crippen LogP contribution in [0.4, 0.5) is 0 Å². The van der Waals surface area contributed by atoms with Crippen molar-refractivity contribution < 1.29 is 14.3 Å². The maximum Gasteiger partial charge on any atom is 0.237 e. The summed E-state index contributed by atoms with van der Waals surface area (Å²) in [6.45, 7) is 1.34. The second-order valence-corrected chi connectivity index (χ2v) is 11.4. The number of nitrogens with zero attached hydrogens (tertiary/aromatic N) is 3. The molecule has 1 unspecified atom stereocenters. The number of piperidine rings is 1. The maximum atomic E-state index is 13.7. The summed E-state index contributed by atoms with van der Waals surface area (Å²) in [4.78, 5) is 17.0. The largest absolute Gasteiger partial charge is 0.497 e. The first-order chi connectivity index (χ1) is 21.6. The summed E-state index contributed by atoms with van der Waals surface area (Å²) in [6.07, 6.45) is 7.08. The number of carbonyl (C=O) groups is 1. The molecule has 6 rings (SSSR count). The van der Waals surface area contributed by atoms with E-state index >= 15 is 0 Å². The van der Waals surface area contributed by atoms with Crippen molar-refractivity contribution in [3.8, 4) is 11.5 Å². The minimum atomic E-state index is -0.396. The van der Waals surface area contributed by atoms with Crippen LogP contribution in [0.5, 0.6) is 11.5 Å². The van der Waals surface area contributed by atoms with Gasteiger partial charge in [-0.3, -0.25) is 4.79 Å². The highest BCUT2D eigenvalue weighted by Crippen LogP contribution is 2.29. The summed E-state index contributed by atoms with van der Waals surface area (Å²) >= 11 is 0. The van der Waals surface area contributed by atoms with E-state index in [-0.39, 0.29) is 11.9 Å². The Hall–Kier alpha value is -4.63. The molecule has 0 saturated carbocycles. The van der Waals surface area contributed by atoms with Gasteiger partial charge < -0.3 is 29.7 Å². The lowest BCUT2D eigenvalue weighted by atomic mass is 10.0.